The smallest absolute Gasteiger partial charge is 0.153 e. The van der Waals surface area contributed by atoms with Gasteiger partial charge in [0.1, 0.15) is 23.7 Å². The second kappa shape index (κ2) is 6.43. The van der Waals surface area contributed by atoms with Crippen molar-refractivity contribution in [3.05, 3.63) is 11.4 Å². The molecule has 0 spiro atoms. The third kappa shape index (κ3) is 3.11. The Labute approximate surface area is 120 Å². The van der Waals surface area contributed by atoms with Gasteiger partial charge in [-0.2, -0.15) is 10.5 Å². The Kier molecular flexibility index (Phi) is 4.63. The van der Waals surface area contributed by atoms with Crippen LogP contribution in [0, 0.1) is 28.6 Å². The molecule has 1 heterocycles. The number of nitriles is 2. The predicted molar refractivity (Wildman–Crippen MR) is 77.5 cm³/mol. The topological polar surface area (TPSA) is 84.0 Å². The van der Waals surface area contributed by atoms with Crippen LogP contribution in [0.3, 0.4) is 0 Å². The highest BCUT2D eigenvalue weighted by Crippen LogP contribution is 2.22. The average molecular weight is 271 g/mol. The second-order valence-corrected chi connectivity index (χ2v) is 5.77. The molecule has 1 aliphatic carbocycles. The quantitative estimate of drug-likeness (QED) is 0.806. The van der Waals surface area contributed by atoms with E-state index in [0.717, 1.165) is 18.7 Å². The first kappa shape index (κ1) is 14.4. The maximum absolute atomic E-state index is 9.12. The summed E-state index contributed by atoms with van der Waals surface area (Å²) in [5, 5.41) is 24.4. The van der Waals surface area contributed by atoms with Crippen molar-refractivity contribution in [2.24, 2.45) is 10.9 Å². The van der Waals surface area contributed by atoms with Crippen LogP contribution in [0.15, 0.2) is 16.4 Å². The number of hydrogen-bond acceptors (Lipinski definition) is 4. The fourth-order valence-corrected chi connectivity index (χ4v) is 2.74. The zero-order valence-electron chi connectivity index (χ0n) is 12.1. The Hall–Kier alpha value is -2.01. The molecule has 20 heavy (non-hydrogen) atoms. The minimum Gasteiger partial charge on any atom is -0.364 e. The van der Waals surface area contributed by atoms with Crippen LogP contribution in [-0.4, -0.2) is 17.9 Å². The van der Waals surface area contributed by atoms with E-state index in [1.54, 1.807) is 0 Å². The normalized spacial score (nSPS) is 25.9. The van der Waals surface area contributed by atoms with Gasteiger partial charge in [-0.25, -0.2) is 0 Å². The van der Waals surface area contributed by atoms with Crippen LogP contribution in [0.5, 0.6) is 0 Å². The van der Waals surface area contributed by atoms with E-state index in [1.807, 2.05) is 12.1 Å². The summed E-state index contributed by atoms with van der Waals surface area (Å²) in [6.07, 6.45) is 5.99. The van der Waals surface area contributed by atoms with Gasteiger partial charge in [-0.1, -0.05) is 33.1 Å². The second-order valence-electron chi connectivity index (χ2n) is 5.77. The molecule has 106 valence electrons. The van der Waals surface area contributed by atoms with Crippen LogP contribution < -0.4 is 10.6 Å². The summed E-state index contributed by atoms with van der Waals surface area (Å²) in [4.78, 5) is 4.81. The number of amidine groups is 1. The standard InChI is InChI=1S/C15H21N5/c1-10(2)14-15(18-11-6-4-3-5-7-11)20-13(9-17)12(8-16)19-14/h10-11,14,19H,3-7H2,1-2H3,(H,18,20). The Morgan fingerprint density at radius 2 is 1.75 bits per heavy atom. The van der Waals surface area contributed by atoms with Crippen molar-refractivity contribution in [2.75, 3.05) is 0 Å². The predicted octanol–water partition coefficient (Wildman–Crippen LogP) is 2.19. The average Bonchev–Trinajstić information content (AvgIpc) is 2.47. The number of rotatable bonds is 2. The lowest BCUT2D eigenvalue weighted by Crippen LogP contribution is -2.52. The van der Waals surface area contributed by atoms with Gasteiger partial charge in [0.25, 0.3) is 0 Å². The summed E-state index contributed by atoms with van der Waals surface area (Å²) >= 11 is 0. The van der Waals surface area contributed by atoms with E-state index in [1.165, 1.54) is 19.3 Å². The first-order valence-corrected chi connectivity index (χ1v) is 7.31. The van der Waals surface area contributed by atoms with Gasteiger partial charge in [-0.15, -0.1) is 0 Å². The zero-order valence-corrected chi connectivity index (χ0v) is 12.1. The van der Waals surface area contributed by atoms with Crippen LogP contribution in [0.2, 0.25) is 0 Å². The Balaban J connectivity index is 2.26. The number of nitrogens with one attached hydrogen (secondary N) is 2. The number of nitrogens with zero attached hydrogens (tertiary/aromatic N) is 3. The molecule has 0 amide bonds. The molecule has 0 bridgehead atoms. The van der Waals surface area contributed by atoms with Gasteiger partial charge < -0.3 is 10.6 Å². The molecule has 5 nitrogen and oxygen atoms in total. The van der Waals surface area contributed by atoms with Crippen LogP contribution in [0.1, 0.15) is 46.0 Å². The third-order valence-electron chi connectivity index (χ3n) is 3.88. The molecule has 0 aromatic rings. The molecule has 1 fully saturated rings. The third-order valence-corrected chi connectivity index (χ3v) is 3.88. The lowest BCUT2D eigenvalue weighted by atomic mass is 9.95. The Morgan fingerprint density at radius 3 is 2.30 bits per heavy atom. The van der Waals surface area contributed by atoms with Gasteiger partial charge in [0.15, 0.2) is 5.70 Å². The van der Waals surface area contributed by atoms with Crippen LogP contribution >= 0.6 is 0 Å². The molecule has 2 N–H and O–H groups in total. The fourth-order valence-electron chi connectivity index (χ4n) is 2.74. The van der Waals surface area contributed by atoms with E-state index >= 15 is 0 Å². The van der Waals surface area contributed by atoms with Gasteiger partial charge in [0.2, 0.25) is 0 Å². The van der Waals surface area contributed by atoms with E-state index in [4.69, 9.17) is 15.5 Å². The SMILES string of the molecule is CC(C)C1NC(C#N)=C(C#N)NC1=NC1CCCCC1. The summed E-state index contributed by atoms with van der Waals surface area (Å²) in [7, 11) is 0. The lowest BCUT2D eigenvalue weighted by molar-refractivity contribution is 0.435. The maximum atomic E-state index is 9.12. The summed E-state index contributed by atoms with van der Waals surface area (Å²) in [5.41, 5.74) is 0.591. The first-order valence-electron chi connectivity index (χ1n) is 7.31. The van der Waals surface area contributed by atoms with Crippen molar-refractivity contribution in [3.63, 3.8) is 0 Å². The van der Waals surface area contributed by atoms with Gasteiger partial charge in [0, 0.05) is 0 Å². The van der Waals surface area contributed by atoms with Crippen LogP contribution in [-0.2, 0) is 0 Å². The molecule has 1 aliphatic heterocycles. The molecule has 1 atom stereocenters. The lowest BCUT2D eigenvalue weighted by Gasteiger charge is -2.31. The number of hydrogen-bond donors (Lipinski definition) is 2. The summed E-state index contributed by atoms with van der Waals surface area (Å²) in [6, 6.07) is 4.40. The van der Waals surface area contributed by atoms with Gasteiger partial charge in [0.05, 0.1) is 12.1 Å². The molecular formula is C15H21N5. The minimum atomic E-state index is -0.0244. The Morgan fingerprint density at radius 1 is 1.10 bits per heavy atom. The molecule has 0 aromatic carbocycles. The summed E-state index contributed by atoms with van der Waals surface area (Å²) in [6.45, 7) is 4.17. The minimum absolute atomic E-state index is 0.0244. The van der Waals surface area contributed by atoms with Crippen LogP contribution in [0.25, 0.3) is 0 Å². The van der Waals surface area contributed by atoms with Gasteiger partial charge in [-0.3, -0.25) is 4.99 Å². The zero-order chi connectivity index (χ0) is 14.5. The van der Waals surface area contributed by atoms with Crippen molar-refractivity contribution in [3.8, 4) is 12.1 Å². The largest absolute Gasteiger partial charge is 0.364 e. The van der Waals surface area contributed by atoms with E-state index < -0.39 is 0 Å². The molecular weight excluding hydrogens is 250 g/mol. The monoisotopic (exact) mass is 271 g/mol. The highest BCUT2D eigenvalue weighted by Gasteiger charge is 2.29. The van der Waals surface area contributed by atoms with E-state index in [0.29, 0.717) is 17.7 Å². The molecule has 0 saturated heterocycles. The molecule has 1 unspecified atom stereocenters. The molecule has 0 radical (unpaired) electrons. The van der Waals surface area contributed by atoms with E-state index in [9.17, 15) is 0 Å². The van der Waals surface area contributed by atoms with Crippen molar-refractivity contribution in [1.29, 1.82) is 10.5 Å². The van der Waals surface area contributed by atoms with Crippen molar-refractivity contribution in [2.45, 2.75) is 58.0 Å². The number of aliphatic imine (C=N–C) groups is 1. The summed E-state index contributed by atoms with van der Waals surface area (Å²) < 4.78 is 0. The van der Waals surface area contributed by atoms with Gasteiger partial charge >= 0.3 is 0 Å². The molecule has 1 saturated carbocycles. The van der Waals surface area contributed by atoms with Crippen LogP contribution in [0.4, 0.5) is 0 Å². The Bertz CT molecular complexity index is 497. The fraction of sp³-hybridized carbons (Fsp3) is 0.667. The summed E-state index contributed by atoms with van der Waals surface area (Å²) in [5.74, 6) is 1.11. The highest BCUT2D eigenvalue weighted by atomic mass is 15.1. The van der Waals surface area contributed by atoms with Gasteiger partial charge in [-0.05, 0) is 18.8 Å². The highest BCUT2D eigenvalue weighted by molar-refractivity contribution is 5.91. The maximum Gasteiger partial charge on any atom is 0.153 e. The van der Waals surface area contributed by atoms with Crippen molar-refractivity contribution in [1.82, 2.24) is 10.6 Å². The van der Waals surface area contributed by atoms with E-state index in [2.05, 4.69) is 24.5 Å². The molecule has 2 rings (SSSR count). The first-order chi connectivity index (χ1) is 9.65. The van der Waals surface area contributed by atoms with Crippen molar-refractivity contribution >= 4 is 5.84 Å². The molecule has 0 aromatic heterocycles. The molecule has 5 heteroatoms. The molecule has 2 aliphatic rings. The number of allylic oxidation sites excluding steroid dienone is 2. The van der Waals surface area contributed by atoms with E-state index in [-0.39, 0.29) is 11.7 Å². The van der Waals surface area contributed by atoms with Crippen molar-refractivity contribution < 1.29 is 0 Å².